The fourth-order valence-electron chi connectivity index (χ4n) is 12.7. The summed E-state index contributed by atoms with van der Waals surface area (Å²) in [6, 6.07) is -0.626. The fraction of sp³-hybridized carbons (Fsp3) is 0.925. The van der Waals surface area contributed by atoms with Crippen molar-refractivity contribution in [3.8, 4) is 0 Å². The van der Waals surface area contributed by atoms with Crippen LogP contribution in [0.1, 0.15) is 450 Å². The molecule has 0 rings (SSSR count). The molecule has 86 heavy (non-hydrogen) atoms. The van der Waals surface area contributed by atoms with Crippen molar-refractivity contribution in [2.75, 3.05) is 13.2 Å². The van der Waals surface area contributed by atoms with Crippen molar-refractivity contribution in [3.05, 3.63) is 24.3 Å². The molecule has 2 unspecified atom stereocenters. The van der Waals surface area contributed by atoms with Crippen molar-refractivity contribution >= 4 is 11.9 Å². The normalized spacial score (nSPS) is 12.6. The van der Waals surface area contributed by atoms with E-state index in [-0.39, 0.29) is 18.5 Å². The number of hydrogen-bond donors (Lipinski definition) is 3. The number of ether oxygens (including phenoxy) is 1. The Morgan fingerprint density at radius 3 is 0.826 bits per heavy atom. The van der Waals surface area contributed by atoms with Crippen molar-refractivity contribution < 1.29 is 24.5 Å². The van der Waals surface area contributed by atoms with Gasteiger partial charge in [0.15, 0.2) is 0 Å². The maximum absolute atomic E-state index is 12.5. The van der Waals surface area contributed by atoms with Gasteiger partial charge < -0.3 is 20.3 Å². The third-order valence-electron chi connectivity index (χ3n) is 18.7. The number of aliphatic hydroxyl groups excluding tert-OH is 2. The molecule has 0 radical (unpaired) electrons. The average Bonchev–Trinajstić information content (AvgIpc) is 3.52. The van der Waals surface area contributed by atoms with E-state index in [2.05, 4.69) is 31.3 Å². The summed E-state index contributed by atoms with van der Waals surface area (Å²) in [4.78, 5) is 24.6. The molecule has 0 spiro atoms. The number of esters is 1. The van der Waals surface area contributed by atoms with Crippen LogP contribution in [0.2, 0.25) is 0 Å². The number of unbranched alkanes of at least 4 members (excludes halogenated alkanes) is 62. The molecule has 6 heteroatoms. The largest absolute Gasteiger partial charge is 0.466 e. The first-order valence-electron chi connectivity index (χ1n) is 39.6. The molecule has 0 aliphatic rings. The van der Waals surface area contributed by atoms with Crippen LogP contribution in [-0.2, 0) is 14.3 Å². The Hall–Kier alpha value is -1.66. The molecule has 510 valence electrons. The summed E-state index contributed by atoms with van der Waals surface area (Å²) in [5, 5.41) is 23.3. The van der Waals surface area contributed by atoms with E-state index in [0.29, 0.717) is 19.4 Å². The first-order valence-corrected chi connectivity index (χ1v) is 39.6. The number of hydrogen-bond acceptors (Lipinski definition) is 5. The predicted molar refractivity (Wildman–Crippen MR) is 380 cm³/mol. The van der Waals surface area contributed by atoms with E-state index in [4.69, 9.17) is 4.74 Å². The lowest BCUT2D eigenvalue weighted by molar-refractivity contribution is -0.143. The van der Waals surface area contributed by atoms with Gasteiger partial charge in [0, 0.05) is 12.8 Å². The van der Waals surface area contributed by atoms with Crippen LogP contribution in [0, 0.1) is 0 Å². The third kappa shape index (κ3) is 71.4. The van der Waals surface area contributed by atoms with Crippen molar-refractivity contribution in [1.82, 2.24) is 5.32 Å². The number of aliphatic hydroxyl groups is 2. The minimum atomic E-state index is -0.842. The highest BCUT2D eigenvalue weighted by Crippen LogP contribution is 2.20. The summed E-state index contributed by atoms with van der Waals surface area (Å²) >= 11 is 0. The van der Waals surface area contributed by atoms with Gasteiger partial charge in [-0.2, -0.15) is 0 Å². The lowest BCUT2D eigenvalue weighted by Gasteiger charge is -2.20. The molecule has 0 aliphatic carbocycles. The van der Waals surface area contributed by atoms with E-state index < -0.39 is 12.1 Å². The van der Waals surface area contributed by atoms with E-state index in [9.17, 15) is 19.8 Å². The second-order valence-corrected chi connectivity index (χ2v) is 27.4. The minimum Gasteiger partial charge on any atom is -0.466 e. The molecule has 0 heterocycles. The maximum Gasteiger partial charge on any atom is 0.305 e. The van der Waals surface area contributed by atoms with Crippen LogP contribution in [0.25, 0.3) is 0 Å². The quantitative estimate of drug-likeness (QED) is 0.0320. The summed E-state index contributed by atoms with van der Waals surface area (Å²) in [7, 11) is 0. The highest BCUT2D eigenvalue weighted by Gasteiger charge is 2.18. The number of nitrogens with one attached hydrogen (secondary N) is 1. The number of rotatable bonds is 75. The van der Waals surface area contributed by atoms with E-state index in [1.165, 1.54) is 385 Å². The summed E-state index contributed by atoms with van der Waals surface area (Å²) in [6.45, 7) is 4.96. The smallest absolute Gasteiger partial charge is 0.305 e. The van der Waals surface area contributed by atoms with Crippen molar-refractivity contribution in [2.45, 2.75) is 463 Å². The van der Waals surface area contributed by atoms with Crippen molar-refractivity contribution in [3.63, 3.8) is 0 Å². The van der Waals surface area contributed by atoms with Gasteiger partial charge in [0.2, 0.25) is 5.91 Å². The highest BCUT2D eigenvalue weighted by atomic mass is 16.5. The standard InChI is InChI=1S/C80H155NO5/c1-3-5-7-9-11-13-15-17-19-20-38-41-45-48-52-56-60-64-68-72-78(83)77(76-82)81-79(84)73-69-65-61-57-53-49-46-42-39-36-34-32-30-28-26-24-22-21-23-25-27-29-31-33-35-37-40-43-47-51-55-59-63-67-71-75-86-80(85)74-70-66-62-58-54-50-44-18-16-14-12-10-8-6-4-2/h23,25,68,72,77-78,82-83H,3-22,24,26-67,69-71,73-76H2,1-2H3,(H,81,84)/b25-23-,72-68+. The summed E-state index contributed by atoms with van der Waals surface area (Å²) in [5.41, 5.74) is 0. The molecular formula is C80H155NO5. The second-order valence-electron chi connectivity index (χ2n) is 27.4. The Labute approximate surface area is 539 Å². The molecule has 0 saturated heterocycles. The topological polar surface area (TPSA) is 95.9 Å². The second kappa shape index (κ2) is 75.8. The van der Waals surface area contributed by atoms with E-state index >= 15 is 0 Å². The number of carbonyl (C=O) groups is 2. The third-order valence-corrected chi connectivity index (χ3v) is 18.7. The summed E-state index contributed by atoms with van der Waals surface area (Å²) in [6.07, 6.45) is 97.3. The van der Waals surface area contributed by atoms with Gasteiger partial charge in [-0.15, -0.1) is 0 Å². The van der Waals surface area contributed by atoms with Gasteiger partial charge in [0.25, 0.3) is 0 Å². The first kappa shape index (κ1) is 84.3. The molecule has 0 saturated carbocycles. The van der Waals surface area contributed by atoms with E-state index in [1.54, 1.807) is 6.08 Å². The Balaban J connectivity index is 3.35. The molecule has 0 fully saturated rings. The molecule has 3 N–H and O–H groups in total. The van der Waals surface area contributed by atoms with Crippen molar-refractivity contribution in [1.29, 1.82) is 0 Å². The van der Waals surface area contributed by atoms with Gasteiger partial charge >= 0.3 is 5.97 Å². The molecular weight excluding hydrogens is 1050 g/mol. The van der Waals surface area contributed by atoms with E-state index in [1.807, 2.05) is 6.08 Å². The van der Waals surface area contributed by atoms with Crippen LogP contribution >= 0.6 is 0 Å². The number of carbonyl (C=O) groups excluding carboxylic acids is 2. The summed E-state index contributed by atoms with van der Waals surface area (Å²) in [5.74, 6) is -0.0362. The molecule has 0 bridgehead atoms. The van der Waals surface area contributed by atoms with Crippen LogP contribution in [-0.4, -0.2) is 47.4 Å². The molecule has 0 aliphatic heterocycles. The molecule has 0 aromatic heterocycles. The minimum absolute atomic E-state index is 0.0238. The molecule has 6 nitrogen and oxygen atoms in total. The van der Waals surface area contributed by atoms with Gasteiger partial charge in [-0.25, -0.2) is 0 Å². The highest BCUT2D eigenvalue weighted by molar-refractivity contribution is 5.76. The lowest BCUT2D eigenvalue weighted by atomic mass is 10.0. The zero-order valence-corrected chi connectivity index (χ0v) is 58.6. The van der Waals surface area contributed by atoms with Crippen molar-refractivity contribution in [2.24, 2.45) is 0 Å². The Morgan fingerprint density at radius 2 is 0.547 bits per heavy atom. The van der Waals surface area contributed by atoms with Crippen LogP contribution in [0.15, 0.2) is 24.3 Å². The zero-order chi connectivity index (χ0) is 62.0. The monoisotopic (exact) mass is 1210 g/mol. The Morgan fingerprint density at radius 1 is 0.314 bits per heavy atom. The first-order chi connectivity index (χ1) is 42.5. The average molecular weight is 1210 g/mol. The number of amides is 1. The van der Waals surface area contributed by atoms with Crippen LogP contribution in [0.5, 0.6) is 0 Å². The Kier molecular flexibility index (Phi) is 74.3. The maximum atomic E-state index is 12.5. The van der Waals surface area contributed by atoms with Crippen LogP contribution < -0.4 is 5.32 Å². The van der Waals surface area contributed by atoms with Crippen LogP contribution in [0.3, 0.4) is 0 Å². The Bertz CT molecular complexity index is 1350. The lowest BCUT2D eigenvalue weighted by Crippen LogP contribution is -2.45. The molecule has 1 amide bonds. The zero-order valence-electron chi connectivity index (χ0n) is 58.6. The molecule has 0 aromatic rings. The fourth-order valence-corrected chi connectivity index (χ4v) is 12.7. The SMILES string of the molecule is CCCCCCCCCCCCCCCCCCC/C=C/C(O)C(CO)NC(=O)CCCCCCCCCCCCCCCCCCC/C=C\CCCCCCCCCCCCCCCCOC(=O)CCCCCCCCCCCCCCCCC. The molecule has 2 atom stereocenters. The number of allylic oxidation sites excluding steroid dienone is 3. The van der Waals surface area contributed by atoms with Gasteiger partial charge in [-0.1, -0.05) is 404 Å². The van der Waals surface area contributed by atoms with Crippen LogP contribution in [0.4, 0.5) is 0 Å². The summed E-state index contributed by atoms with van der Waals surface area (Å²) < 4.78 is 5.51. The molecule has 0 aromatic carbocycles. The predicted octanol–water partition coefficient (Wildman–Crippen LogP) is 26.0. The van der Waals surface area contributed by atoms with Gasteiger partial charge in [0.05, 0.1) is 25.4 Å². The van der Waals surface area contributed by atoms with Gasteiger partial charge in [-0.3, -0.25) is 9.59 Å². The van der Waals surface area contributed by atoms with Gasteiger partial charge in [-0.05, 0) is 57.8 Å². The van der Waals surface area contributed by atoms with Gasteiger partial charge in [0.1, 0.15) is 0 Å². The van der Waals surface area contributed by atoms with E-state index in [0.717, 1.165) is 38.5 Å².